The predicted molar refractivity (Wildman–Crippen MR) is 159 cm³/mol. The van der Waals surface area contributed by atoms with Gasteiger partial charge in [-0.3, -0.25) is 19.7 Å². The van der Waals surface area contributed by atoms with Gasteiger partial charge in [-0.15, -0.1) is 0 Å². The summed E-state index contributed by atoms with van der Waals surface area (Å²) in [5.41, 5.74) is 3.13. The first-order valence-corrected chi connectivity index (χ1v) is 15.9. The second-order valence-electron chi connectivity index (χ2n) is 10.2. The summed E-state index contributed by atoms with van der Waals surface area (Å²) in [6.07, 6.45) is 14.1. The second-order valence-corrected chi connectivity index (χ2v) is 11.8. The third-order valence-electron chi connectivity index (χ3n) is 6.84. The number of carbonyl (C=O) groups is 1. The largest absolute Gasteiger partial charge is 0.356 e. The quantitative estimate of drug-likeness (QED) is 0.198. The van der Waals surface area contributed by atoms with Crippen LogP contribution in [0.25, 0.3) is 0 Å². The maximum Gasteiger partial charge on any atom is 0.238 e. The Morgan fingerprint density at radius 3 is 1.82 bits per heavy atom. The summed E-state index contributed by atoms with van der Waals surface area (Å²) in [4.78, 5) is 23.6. The molecule has 40 heavy (non-hydrogen) atoms. The smallest absolute Gasteiger partial charge is 0.238 e. The van der Waals surface area contributed by atoms with Gasteiger partial charge in [0.2, 0.25) is 15.9 Å². The first-order valence-electron chi connectivity index (χ1n) is 14.3. The second kappa shape index (κ2) is 17.5. The molecule has 1 amide bonds. The van der Waals surface area contributed by atoms with Crippen LogP contribution in [0.4, 0.5) is 0 Å². The fourth-order valence-electron chi connectivity index (χ4n) is 4.62. The number of nitrogens with one attached hydrogen (secondary N) is 1. The van der Waals surface area contributed by atoms with Gasteiger partial charge in [-0.1, -0.05) is 62.8 Å². The van der Waals surface area contributed by atoms with E-state index in [2.05, 4.69) is 32.3 Å². The van der Waals surface area contributed by atoms with E-state index in [4.69, 9.17) is 5.14 Å². The van der Waals surface area contributed by atoms with Crippen molar-refractivity contribution >= 4 is 15.9 Å². The maximum atomic E-state index is 12.1. The minimum atomic E-state index is -3.68. The van der Waals surface area contributed by atoms with Crippen molar-refractivity contribution in [1.82, 2.24) is 20.2 Å². The Labute approximate surface area is 239 Å². The van der Waals surface area contributed by atoms with E-state index in [0.29, 0.717) is 19.4 Å². The lowest BCUT2D eigenvalue weighted by molar-refractivity contribution is -0.121. The van der Waals surface area contributed by atoms with E-state index in [9.17, 15) is 13.2 Å². The highest BCUT2D eigenvalue weighted by atomic mass is 32.2. The normalized spacial score (nSPS) is 11.6. The van der Waals surface area contributed by atoms with Crippen molar-refractivity contribution in [2.45, 2.75) is 82.2 Å². The van der Waals surface area contributed by atoms with E-state index in [1.54, 1.807) is 12.1 Å². The summed E-state index contributed by atoms with van der Waals surface area (Å²) in [6, 6.07) is 18.6. The number of nitrogens with zero attached hydrogens (tertiary/aromatic N) is 3. The minimum absolute atomic E-state index is 0.0714. The Hall–Kier alpha value is -3.14. The van der Waals surface area contributed by atoms with Crippen LogP contribution in [0, 0.1) is 0 Å². The third-order valence-corrected chi connectivity index (χ3v) is 7.77. The molecule has 0 bridgehead atoms. The number of primary sulfonamides is 1. The van der Waals surface area contributed by atoms with E-state index in [1.807, 2.05) is 36.7 Å². The lowest BCUT2D eigenvalue weighted by atomic mass is 10.1. The molecule has 0 radical (unpaired) electrons. The van der Waals surface area contributed by atoms with Gasteiger partial charge in [-0.05, 0) is 67.8 Å². The van der Waals surface area contributed by atoms with Crippen molar-refractivity contribution in [1.29, 1.82) is 0 Å². The molecule has 8 nitrogen and oxygen atoms in total. The summed E-state index contributed by atoms with van der Waals surface area (Å²) < 4.78 is 22.6. The number of hydrogen-bond donors (Lipinski definition) is 2. The Balaban J connectivity index is 1.19. The van der Waals surface area contributed by atoms with Crippen molar-refractivity contribution in [2.75, 3.05) is 13.1 Å². The van der Waals surface area contributed by atoms with Crippen molar-refractivity contribution in [3.05, 3.63) is 90.0 Å². The van der Waals surface area contributed by atoms with Crippen molar-refractivity contribution < 1.29 is 13.2 Å². The monoisotopic (exact) mass is 565 g/mol. The van der Waals surface area contributed by atoms with Crippen molar-refractivity contribution in [3.63, 3.8) is 0 Å². The highest BCUT2D eigenvalue weighted by Crippen LogP contribution is 2.13. The molecule has 2 aromatic heterocycles. The number of benzene rings is 1. The number of aromatic nitrogens is 2. The van der Waals surface area contributed by atoms with Crippen LogP contribution < -0.4 is 10.5 Å². The number of nitrogens with two attached hydrogens (primary N) is 1. The zero-order chi connectivity index (χ0) is 28.5. The topological polar surface area (TPSA) is 118 Å². The van der Waals surface area contributed by atoms with Gasteiger partial charge in [-0.25, -0.2) is 13.6 Å². The molecule has 1 aromatic carbocycles. The molecule has 0 atom stereocenters. The van der Waals surface area contributed by atoms with Gasteiger partial charge in [0.25, 0.3) is 0 Å². The highest BCUT2D eigenvalue weighted by Gasteiger charge is 2.09. The van der Waals surface area contributed by atoms with Gasteiger partial charge in [0.15, 0.2) is 0 Å². The van der Waals surface area contributed by atoms with Crippen LogP contribution in [-0.2, 0) is 34.3 Å². The molecule has 0 saturated heterocycles. The molecule has 0 unspecified atom stereocenters. The van der Waals surface area contributed by atoms with Crippen LogP contribution in [0.1, 0.15) is 74.7 Å². The Kier molecular flexibility index (Phi) is 13.8. The molecular formula is C31H43N5O3S. The number of carbonyl (C=O) groups excluding carboxylic acids is 1. The molecule has 0 aliphatic carbocycles. The molecule has 3 N–H and O–H groups in total. The van der Waals surface area contributed by atoms with Crippen LogP contribution in [0.15, 0.2) is 78.0 Å². The molecule has 3 aromatic rings. The fraction of sp³-hybridized carbons (Fsp3) is 0.452. The van der Waals surface area contributed by atoms with Crippen LogP contribution in [-0.4, -0.2) is 42.3 Å². The number of pyridine rings is 2. The SMILES string of the molecule is NS(=O)(=O)c1ccc(CCNC(=O)CCCCCCCCCCN(Cc2ccccn2)Cc2ccccn2)cc1. The maximum absolute atomic E-state index is 12.1. The van der Waals surface area contributed by atoms with Gasteiger partial charge in [0.05, 0.1) is 16.3 Å². The van der Waals surface area contributed by atoms with E-state index in [0.717, 1.165) is 62.3 Å². The number of hydrogen-bond acceptors (Lipinski definition) is 6. The summed E-state index contributed by atoms with van der Waals surface area (Å²) in [5, 5.41) is 8.06. The average molecular weight is 566 g/mol. The molecule has 0 spiro atoms. The molecule has 216 valence electrons. The number of sulfonamides is 1. The van der Waals surface area contributed by atoms with Crippen LogP contribution in [0.3, 0.4) is 0 Å². The van der Waals surface area contributed by atoms with Gasteiger partial charge in [0, 0.05) is 38.4 Å². The highest BCUT2D eigenvalue weighted by molar-refractivity contribution is 7.89. The van der Waals surface area contributed by atoms with E-state index in [1.165, 1.54) is 37.8 Å². The standard InChI is InChI=1S/C31H43N5O3S/c32-40(38,39)30-18-16-27(17-19-30)20-23-35-31(37)15-7-5-3-1-2-4-6-12-24-36(25-28-13-8-10-21-33-28)26-29-14-9-11-22-34-29/h8-11,13-14,16-19,21-22H,1-7,12,15,20,23-26H2,(H,35,37)(H2,32,38,39). The Morgan fingerprint density at radius 2 is 1.30 bits per heavy atom. The molecule has 0 fully saturated rings. The summed E-state index contributed by atoms with van der Waals surface area (Å²) in [6.45, 7) is 3.23. The molecule has 3 rings (SSSR count). The first-order chi connectivity index (χ1) is 19.4. The Bertz CT molecular complexity index is 1180. The Morgan fingerprint density at radius 1 is 0.750 bits per heavy atom. The van der Waals surface area contributed by atoms with Crippen LogP contribution in [0.5, 0.6) is 0 Å². The van der Waals surface area contributed by atoms with E-state index in [-0.39, 0.29) is 10.8 Å². The van der Waals surface area contributed by atoms with Gasteiger partial charge in [-0.2, -0.15) is 0 Å². The zero-order valence-electron chi connectivity index (χ0n) is 23.4. The molecule has 0 saturated carbocycles. The zero-order valence-corrected chi connectivity index (χ0v) is 24.2. The van der Waals surface area contributed by atoms with Crippen molar-refractivity contribution in [2.24, 2.45) is 5.14 Å². The van der Waals surface area contributed by atoms with Crippen molar-refractivity contribution in [3.8, 4) is 0 Å². The molecule has 0 aliphatic heterocycles. The molecule has 0 aliphatic rings. The summed E-state index contributed by atoms with van der Waals surface area (Å²) in [5.74, 6) is 0.0714. The lowest BCUT2D eigenvalue weighted by Gasteiger charge is -2.21. The first kappa shape index (κ1) is 31.4. The minimum Gasteiger partial charge on any atom is -0.356 e. The van der Waals surface area contributed by atoms with E-state index < -0.39 is 10.0 Å². The summed E-state index contributed by atoms with van der Waals surface area (Å²) >= 11 is 0. The fourth-order valence-corrected chi connectivity index (χ4v) is 5.13. The van der Waals surface area contributed by atoms with Crippen LogP contribution in [0.2, 0.25) is 0 Å². The van der Waals surface area contributed by atoms with Crippen LogP contribution >= 0.6 is 0 Å². The summed E-state index contributed by atoms with van der Waals surface area (Å²) in [7, 11) is -3.68. The number of amides is 1. The molecule has 2 heterocycles. The third kappa shape index (κ3) is 12.8. The number of rotatable bonds is 19. The predicted octanol–water partition coefficient (Wildman–Crippen LogP) is 5.00. The van der Waals surface area contributed by atoms with Gasteiger partial charge >= 0.3 is 0 Å². The molecule has 9 heteroatoms. The molecular weight excluding hydrogens is 522 g/mol. The van der Waals surface area contributed by atoms with Gasteiger partial charge < -0.3 is 5.32 Å². The average Bonchev–Trinajstić information content (AvgIpc) is 2.95. The number of unbranched alkanes of at least 4 members (excludes halogenated alkanes) is 7. The lowest BCUT2D eigenvalue weighted by Crippen LogP contribution is -2.25. The van der Waals surface area contributed by atoms with E-state index >= 15 is 0 Å². The van der Waals surface area contributed by atoms with Gasteiger partial charge in [0.1, 0.15) is 0 Å².